The average Bonchev–Trinajstić information content (AvgIpc) is 3.48. The summed E-state index contributed by atoms with van der Waals surface area (Å²) in [4.78, 5) is 30.0. The molecule has 2 aromatic heterocycles. The normalized spacial score (nSPS) is 20.1. The summed E-state index contributed by atoms with van der Waals surface area (Å²) < 4.78 is 1.82. The van der Waals surface area contributed by atoms with Crippen molar-refractivity contribution in [3.63, 3.8) is 0 Å². The Labute approximate surface area is 184 Å². The van der Waals surface area contributed by atoms with E-state index in [0.717, 1.165) is 50.9 Å². The zero-order chi connectivity index (χ0) is 21.8. The van der Waals surface area contributed by atoms with Gasteiger partial charge in [0.2, 0.25) is 0 Å². The Morgan fingerprint density at radius 2 is 2.00 bits per heavy atom. The molecule has 1 aliphatic heterocycles. The van der Waals surface area contributed by atoms with Gasteiger partial charge in [-0.15, -0.1) is 0 Å². The van der Waals surface area contributed by atoms with Crippen LogP contribution in [0, 0.1) is 0 Å². The second kappa shape index (κ2) is 9.66. The van der Waals surface area contributed by atoms with Crippen LogP contribution in [-0.2, 0) is 6.54 Å². The predicted molar refractivity (Wildman–Crippen MR) is 118 cm³/mol. The van der Waals surface area contributed by atoms with Gasteiger partial charge < -0.3 is 9.80 Å². The fourth-order valence-corrected chi connectivity index (χ4v) is 4.99. The summed E-state index contributed by atoms with van der Waals surface area (Å²) in [7, 11) is 1.92. The van der Waals surface area contributed by atoms with Gasteiger partial charge in [0.1, 0.15) is 5.69 Å². The highest BCUT2D eigenvalue weighted by molar-refractivity contribution is 5.95. The average molecular weight is 427 g/mol. The number of likely N-dealkylation sites (tertiary alicyclic amines) is 1. The van der Waals surface area contributed by atoms with Crippen LogP contribution in [0.3, 0.4) is 0 Å². The van der Waals surface area contributed by atoms with E-state index in [4.69, 9.17) is 0 Å². The third-order valence-corrected chi connectivity index (χ3v) is 6.77. The smallest absolute Gasteiger partial charge is 0.274 e. The van der Waals surface area contributed by atoms with Gasteiger partial charge in [0.25, 0.3) is 11.8 Å². The molecule has 1 saturated carbocycles. The van der Waals surface area contributed by atoms with Gasteiger partial charge in [0.15, 0.2) is 0 Å². The molecule has 1 aliphatic carbocycles. The SMILES string of the molecule is CCCn1ccc(C(=O)N2CCC[C@H](c3[nH]ncc3C(=O)N(C)C3CCCCC3)C2)n1. The first-order valence-electron chi connectivity index (χ1n) is 11.7. The molecule has 1 N–H and O–H groups in total. The lowest BCUT2D eigenvalue weighted by molar-refractivity contribution is 0.0688. The second-order valence-electron chi connectivity index (χ2n) is 8.96. The standard InChI is InChI=1S/C23H34N6O2/c1-3-12-29-14-11-20(26-29)23(31)28-13-7-8-17(16-28)21-19(15-24-25-21)22(30)27(2)18-9-5-4-6-10-18/h11,14-15,17-18H,3-10,12-13,16H2,1-2H3,(H,24,25)/t17-/m0/s1. The number of carbonyl (C=O) groups excluding carboxylic acids is 2. The molecule has 1 atom stereocenters. The number of carbonyl (C=O) groups is 2. The van der Waals surface area contributed by atoms with Gasteiger partial charge in [-0.25, -0.2) is 0 Å². The number of hydrogen-bond donors (Lipinski definition) is 1. The van der Waals surface area contributed by atoms with Crippen molar-refractivity contribution in [3.05, 3.63) is 35.4 Å². The molecule has 0 bridgehead atoms. The molecule has 168 valence electrons. The van der Waals surface area contributed by atoms with Crippen molar-refractivity contribution in [3.8, 4) is 0 Å². The van der Waals surface area contributed by atoms with Crippen molar-refractivity contribution in [2.24, 2.45) is 0 Å². The number of aromatic amines is 1. The molecule has 0 unspecified atom stereocenters. The van der Waals surface area contributed by atoms with Crippen molar-refractivity contribution >= 4 is 11.8 Å². The van der Waals surface area contributed by atoms with E-state index in [2.05, 4.69) is 22.2 Å². The molecule has 2 fully saturated rings. The van der Waals surface area contributed by atoms with E-state index < -0.39 is 0 Å². The maximum absolute atomic E-state index is 13.2. The maximum atomic E-state index is 13.2. The molecule has 0 aromatic carbocycles. The van der Waals surface area contributed by atoms with Crippen LogP contribution in [0.1, 0.15) is 90.7 Å². The van der Waals surface area contributed by atoms with E-state index in [1.54, 1.807) is 12.3 Å². The van der Waals surface area contributed by atoms with Gasteiger partial charge in [0, 0.05) is 44.8 Å². The summed E-state index contributed by atoms with van der Waals surface area (Å²) in [6.45, 7) is 4.20. The molecule has 2 amide bonds. The van der Waals surface area contributed by atoms with Crippen LogP contribution in [-0.4, -0.2) is 67.8 Å². The Morgan fingerprint density at radius 3 is 2.77 bits per heavy atom. The highest BCUT2D eigenvalue weighted by atomic mass is 16.2. The van der Waals surface area contributed by atoms with Crippen LogP contribution in [0.4, 0.5) is 0 Å². The van der Waals surface area contributed by atoms with E-state index in [1.807, 2.05) is 27.7 Å². The third kappa shape index (κ3) is 4.67. The third-order valence-electron chi connectivity index (χ3n) is 6.77. The van der Waals surface area contributed by atoms with Gasteiger partial charge in [0.05, 0.1) is 17.5 Å². The van der Waals surface area contributed by atoms with Crippen LogP contribution in [0.25, 0.3) is 0 Å². The monoisotopic (exact) mass is 426 g/mol. The molecule has 2 aromatic rings. The van der Waals surface area contributed by atoms with Crippen molar-refractivity contribution in [1.29, 1.82) is 0 Å². The molecule has 31 heavy (non-hydrogen) atoms. The molecule has 0 radical (unpaired) electrons. The number of aryl methyl sites for hydroxylation is 1. The Bertz CT molecular complexity index is 898. The molecular formula is C23H34N6O2. The first-order valence-corrected chi connectivity index (χ1v) is 11.7. The van der Waals surface area contributed by atoms with E-state index in [9.17, 15) is 9.59 Å². The summed E-state index contributed by atoms with van der Waals surface area (Å²) in [5.74, 6) is 0.0836. The number of amides is 2. The summed E-state index contributed by atoms with van der Waals surface area (Å²) in [6.07, 6.45) is 12.1. The van der Waals surface area contributed by atoms with Crippen LogP contribution < -0.4 is 0 Å². The summed E-state index contributed by atoms with van der Waals surface area (Å²) in [5, 5.41) is 11.7. The largest absolute Gasteiger partial charge is 0.339 e. The van der Waals surface area contributed by atoms with Crippen molar-refractivity contribution in [2.45, 2.75) is 76.8 Å². The topological polar surface area (TPSA) is 87.1 Å². The number of piperidine rings is 1. The lowest BCUT2D eigenvalue weighted by Crippen LogP contribution is -2.41. The number of nitrogens with zero attached hydrogens (tertiary/aromatic N) is 5. The maximum Gasteiger partial charge on any atom is 0.274 e. The zero-order valence-corrected chi connectivity index (χ0v) is 18.7. The van der Waals surface area contributed by atoms with Gasteiger partial charge in [-0.3, -0.25) is 19.4 Å². The van der Waals surface area contributed by atoms with E-state index >= 15 is 0 Å². The molecule has 3 heterocycles. The Kier molecular flexibility index (Phi) is 6.73. The molecule has 4 rings (SSSR count). The van der Waals surface area contributed by atoms with Crippen molar-refractivity contribution in [2.75, 3.05) is 20.1 Å². The predicted octanol–water partition coefficient (Wildman–Crippen LogP) is 3.44. The van der Waals surface area contributed by atoms with Crippen LogP contribution in [0.2, 0.25) is 0 Å². The van der Waals surface area contributed by atoms with E-state index in [1.165, 1.54) is 19.3 Å². The number of hydrogen-bond acceptors (Lipinski definition) is 4. The number of aromatic nitrogens is 4. The summed E-state index contributed by atoms with van der Waals surface area (Å²) in [5.41, 5.74) is 2.01. The quantitative estimate of drug-likeness (QED) is 0.766. The molecule has 1 saturated heterocycles. The first-order chi connectivity index (χ1) is 15.1. The molecular weight excluding hydrogens is 392 g/mol. The minimum atomic E-state index is -0.0359. The van der Waals surface area contributed by atoms with Crippen molar-refractivity contribution in [1.82, 2.24) is 29.8 Å². The van der Waals surface area contributed by atoms with Gasteiger partial charge in [-0.05, 0) is 38.2 Å². The zero-order valence-electron chi connectivity index (χ0n) is 18.7. The fraction of sp³-hybridized carbons (Fsp3) is 0.652. The lowest BCUT2D eigenvalue weighted by atomic mass is 9.91. The molecule has 8 heteroatoms. The fourth-order valence-electron chi connectivity index (χ4n) is 4.99. The molecule has 2 aliphatic rings. The van der Waals surface area contributed by atoms with Gasteiger partial charge in [-0.1, -0.05) is 26.2 Å². The number of rotatable bonds is 6. The summed E-state index contributed by atoms with van der Waals surface area (Å²) in [6, 6.07) is 2.11. The Balaban J connectivity index is 1.45. The minimum absolute atomic E-state index is 0.0359. The second-order valence-corrected chi connectivity index (χ2v) is 8.96. The summed E-state index contributed by atoms with van der Waals surface area (Å²) >= 11 is 0. The Morgan fingerprint density at radius 1 is 1.19 bits per heavy atom. The van der Waals surface area contributed by atoms with Crippen LogP contribution in [0.5, 0.6) is 0 Å². The molecule has 8 nitrogen and oxygen atoms in total. The number of nitrogens with one attached hydrogen (secondary N) is 1. The highest BCUT2D eigenvalue weighted by Crippen LogP contribution is 2.30. The minimum Gasteiger partial charge on any atom is -0.339 e. The van der Waals surface area contributed by atoms with Crippen LogP contribution >= 0.6 is 0 Å². The first kappa shape index (κ1) is 21.6. The van der Waals surface area contributed by atoms with E-state index in [-0.39, 0.29) is 17.7 Å². The molecule has 0 spiro atoms. The van der Waals surface area contributed by atoms with E-state index in [0.29, 0.717) is 23.8 Å². The van der Waals surface area contributed by atoms with Gasteiger partial charge in [-0.2, -0.15) is 10.2 Å². The highest BCUT2D eigenvalue weighted by Gasteiger charge is 2.32. The number of H-pyrrole nitrogens is 1. The Hall–Kier alpha value is -2.64. The van der Waals surface area contributed by atoms with Crippen molar-refractivity contribution < 1.29 is 9.59 Å². The van der Waals surface area contributed by atoms with Crippen LogP contribution in [0.15, 0.2) is 18.5 Å². The lowest BCUT2D eigenvalue weighted by Gasteiger charge is -2.33. The van der Waals surface area contributed by atoms with Gasteiger partial charge >= 0.3 is 0 Å².